The van der Waals surface area contributed by atoms with E-state index in [-0.39, 0.29) is 52.4 Å². The third-order valence-corrected chi connectivity index (χ3v) is 1.01. The van der Waals surface area contributed by atoms with E-state index < -0.39 is 0 Å². The molecular weight excluding hydrogens is 296 g/mol. The molecule has 13 heavy (non-hydrogen) atoms. The van der Waals surface area contributed by atoms with Crippen LogP contribution in [0.1, 0.15) is 24.3 Å². The smallest absolute Gasteiger partial charge is 0 e. The van der Waals surface area contributed by atoms with Crippen molar-refractivity contribution in [3.05, 3.63) is 35.4 Å². The molecule has 0 saturated heterocycles. The second kappa shape index (κ2) is 10.1. The summed E-state index contributed by atoms with van der Waals surface area (Å²) < 4.78 is 0. The number of amides is 1. The van der Waals surface area contributed by atoms with Crippen LogP contribution in [0.3, 0.4) is 0 Å². The molecule has 70 valence electrons. The minimum Gasteiger partial charge on any atom is -0.710 e. The maximum atomic E-state index is 10.8. The van der Waals surface area contributed by atoms with E-state index in [0.717, 1.165) is 0 Å². The molecule has 0 aliphatic rings. The van der Waals surface area contributed by atoms with Gasteiger partial charge < -0.3 is 10.1 Å². The molecule has 0 aliphatic carbocycles. The zero-order valence-corrected chi connectivity index (χ0v) is 11.2. The zero-order chi connectivity index (χ0) is 9.40. The molecule has 1 aromatic heterocycles. The summed E-state index contributed by atoms with van der Waals surface area (Å²) in [4.78, 5) is 14.5. The minimum atomic E-state index is -0.333. The molecule has 0 radical (unpaired) electrons. The fourth-order valence-electron chi connectivity index (χ4n) is 0.548. The van der Waals surface area contributed by atoms with Crippen LogP contribution in [0.2, 0.25) is 0 Å². The average Bonchev–Trinajstić information content (AvgIpc) is 2.21. The molecule has 0 spiro atoms. The van der Waals surface area contributed by atoms with Gasteiger partial charge in [0, 0.05) is 40.8 Å². The Hall–Kier alpha value is -0.0294. The summed E-state index contributed by atoms with van der Waals surface area (Å²) in [5.74, 6) is -0.333. The van der Waals surface area contributed by atoms with Crippen LogP contribution in [0.5, 0.6) is 0 Å². The predicted octanol–water partition coefficient (Wildman–Crippen LogP) is 2.05. The first-order valence-electron chi connectivity index (χ1n) is 3.81. The molecule has 3 nitrogen and oxygen atoms in total. The van der Waals surface area contributed by atoms with Gasteiger partial charge in [-0.25, -0.2) is 0 Å². The molecule has 0 atom stereocenters. The van der Waals surface area contributed by atoms with E-state index >= 15 is 0 Å². The molecule has 1 aromatic rings. The molecule has 1 rings (SSSR count). The maximum absolute atomic E-state index is 10.8. The summed E-state index contributed by atoms with van der Waals surface area (Å²) in [5.41, 5.74) is 0.269. The molecule has 1 heterocycles. The van der Waals surface area contributed by atoms with Crippen LogP contribution in [0, 0.1) is 46.9 Å². The van der Waals surface area contributed by atoms with Crippen molar-refractivity contribution in [3.63, 3.8) is 0 Å². The van der Waals surface area contributed by atoms with Crippen LogP contribution < -0.4 is 0 Å². The Morgan fingerprint density at radius 2 is 2.15 bits per heavy atom. The Kier molecular flexibility index (Phi) is 11.9. The molecule has 0 bridgehead atoms. The third kappa shape index (κ3) is 6.10. The van der Waals surface area contributed by atoms with Crippen LogP contribution in [0.4, 0.5) is 0 Å². The van der Waals surface area contributed by atoms with Gasteiger partial charge in [-0.1, -0.05) is 13.8 Å². The number of carbonyl (C=O) groups excluding carboxylic acids is 1. The summed E-state index contributed by atoms with van der Waals surface area (Å²) in [6.45, 7) is 4.00. The Bertz CT molecular complexity index is 226. The molecular formula is C9H12N2NdO-2. The van der Waals surface area contributed by atoms with Gasteiger partial charge in [0.1, 0.15) is 0 Å². The second-order valence-corrected chi connectivity index (χ2v) is 1.66. The van der Waals surface area contributed by atoms with Gasteiger partial charge in [-0.15, -0.1) is 6.07 Å². The van der Waals surface area contributed by atoms with E-state index in [1.165, 1.54) is 13.2 Å². The van der Waals surface area contributed by atoms with Gasteiger partial charge in [0.15, 0.2) is 0 Å². The van der Waals surface area contributed by atoms with E-state index in [9.17, 15) is 4.79 Å². The van der Waals surface area contributed by atoms with Crippen molar-refractivity contribution in [1.82, 2.24) is 4.98 Å². The maximum Gasteiger partial charge on any atom is 0 e. The molecule has 0 N–H and O–H groups in total. The van der Waals surface area contributed by atoms with Crippen molar-refractivity contribution in [1.29, 1.82) is 0 Å². The van der Waals surface area contributed by atoms with Crippen LogP contribution in [-0.2, 0) is 0 Å². The van der Waals surface area contributed by atoms with Gasteiger partial charge >= 0.3 is 0 Å². The fraction of sp³-hybridized carbons (Fsp3) is 0.333. The summed E-state index contributed by atoms with van der Waals surface area (Å²) in [5, 5.41) is 3.43. The van der Waals surface area contributed by atoms with Crippen molar-refractivity contribution in [2.45, 2.75) is 13.8 Å². The Balaban J connectivity index is 0. The number of hydrogen-bond donors (Lipinski definition) is 0. The topological polar surface area (TPSA) is 44.1 Å². The first-order valence-corrected chi connectivity index (χ1v) is 3.81. The number of hydrogen-bond acceptors (Lipinski definition) is 2. The van der Waals surface area contributed by atoms with Gasteiger partial charge in [-0.3, -0.25) is 4.98 Å². The van der Waals surface area contributed by atoms with Crippen molar-refractivity contribution in [3.8, 4) is 0 Å². The van der Waals surface area contributed by atoms with E-state index in [2.05, 4.69) is 16.4 Å². The number of rotatable bonds is 1. The molecule has 0 aromatic carbocycles. The number of nitrogens with zero attached hydrogens (tertiary/aromatic N) is 2. The monoisotopic (exact) mass is 306 g/mol. The largest absolute Gasteiger partial charge is 0.710 e. The summed E-state index contributed by atoms with van der Waals surface area (Å²) in [6.07, 6.45) is 1.54. The quantitative estimate of drug-likeness (QED) is 0.745. The van der Waals surface area contributed by atoms with Crippen molar-refractivity contribution < 1.29 is 45.6 Å². The Labute approximate surface area is 112 Å². The van der Waals surface area contributed by atoms with E-state index in [1.807, 2.05) is 13.8 Å². The Morgan fingerprint density at radius 3 is 2.54 bits per heavy atom. The number of carbonyl (C=O) groups is 1. The van der Waals surface area contributed by atoms with Crippen molar-refractivity contribution in [2.75, 3.05) is 7.05 Å². The fourth-order valence-corrected chi connectivity index (χ4v) is 0.548. The summed E-state index contributed by atoms with van der Waals surface area (Å²) >= 11 is 0. The van der Waals surface area contributed by atoms with Gasteiger partial charge in [0.25, 0.3) is 0 Å². The molecule has 1 amide bonds. The minimum absolute atomic E-state index is 0. The SMILES string of the molecule is CC.C[N-]C(=O)c1[c-]cccn1.[Nd]. The van der Waals surface area contributed by atoms with E-state index in [4.69, 9.17) is 0 Å². The van der Waals surface area contributed by atoms with Gasteiger partial charge in [-0.05, 0) is 17.8 Å². The average molecular weight is 308 g/mol. The molecule has 0 fully saturated rings. The Morgan fingerprint density at radius 1 is 1.54 bits per heavy atom. The standard InChI is InChI=1S/C7H7N2O.C2H6.Nd/c1-8-7(10)6-4-2-3-5-9-6;1-2;/h2-3,5H,1H3,(H,8,10);1-2H3;/q-1;;/p-1. The summed E-state index contributed by atoms with van der Waals surface area (Å²) in [6, 6.07) is 6.00. The van der Waals surface area contributed by atoms with E-state index in [0.29, 0.717) is 0 Å². The van der Waals surface area contributed by atoms with Crippen molar-refractivity contribution >= 4 is 5.91 Å². The second-order valence-electron chi connectivity index (χ2n) is 1.66. The molecule has 0 unspecified atom stereocenters. The summed E-state index contributed by atoms with van der Waals surface area (Å²) in [7, 11) is 1.44. The zero-order valence-electron chi connectivity index (χ0n) is 8.03. The first kappa shape index (κ1) is 15.4. The van der Waals surface area contributed by atoms with Crippen LogP contribution in [0.15, 0.2) is 18.3 Å². The molecule has 0 saturated carbocycles. The van der Waals surface area contributed by atoms with Crippen LogP contribution in [-0.4, -0.2) is 17.9 Å². The first-order chi connectivity index (χ1) is 5.84. The molecule has 4 heteroatoms. The number of pyridine rings is 1. The van der Waals surface area contributed by atoms with Crippen molar-refractivity contribution in [2.24, 2.45) is 0 Å². The van der Waals surface area contributed by atoms with E-state index in [1.54, 1.807) is 12.1 Å². The normalized spacial score (nSPS) is 7.31. The van der Waals surface area contributed by atoms with Gasteiger partial charge in [0.2, 0.25) is 0 Å². The third-order valence-electron chi connectivity index (χ3n) is 1.01. The van der Waals surface area contributed by atoms with Gasteiger partial charge in [-0.2, -0.15) is 19.2 Å². The molecule has 0 aliphatic heterocycles. The van der Waals surface area contributed by atoms with Crippen LogP contribution >= 0.6 is 0 Å². The van der Waals surface area contributed by atoms with Gasteiger partial charge in [0.05, 0.1) is 0 Å². The predicted molar refractivity (Wildman–Crippen MR) is 48.0 cm³/mol. The van der Waals surface area contributed by atoms with Crippen LogP contribution in [0.25, 0.3) is 5.32 Å². The number of aromatic nitrogens is 1.